The Balaban J connectivity index is 1.97. The van der Waals surface area contributed by atoms with Gasteiger partial charge in [0.2, 0.25) is 0 Å². The molecule has 1 aromatic carbocycles. The number of carbonyl (C=O) groups is 1. The van der Waals surface area contributed by atoms with Crippen LogP contribution in [0.1, 0.15) is 6.92 Å². The first-order chi connectivity index (χ1) is 8.56. The van der Waals surface area contributed by atoms with E-state index in [1.807, 2.05) is 12.1 Å². The molecule has 2 N–H and O–H groups in total. The highest BCUT2D eigenvalue weighted by Crippen LogP contribution is 2.20. The van der Waals surface area contributed by atoms with E-state index in [1.165, 1.54) is 12.1 Å². The van der Waals surface area contributed by atoms with Gasteiger partial charge in [-0.3, -0.25) is 5.01 Å². The molecular weight excluding hydrogens is 258 g/mol. The van der Waals surface area contributed by atoms with Gasteiger partial charge in [-0.25, -0.2) is 9.63 Å². The lowest BCUT2D eigenvalue weighted by Gasteiger charge is -2.23. The fraction of sp³-hybridized carbons (Fsp3) is 0.182. The van der Waals surface area contributed by atoms with E-state index in [2.05, 4.69) is 5.53 Å². The van der Waals surface area contributed by atoms with Crippen molar-refractivity contribution in [1.29, 1.82) is 0 Å². The molecule has 1 aliphatic heterocycles. The molecule has 0 bridgehead atoms. The third-order valence-corrected chi connectivity index (χ3v) is 2.50. The first-order valence-corrected chi connectivity index (χ1v) is 5.62. The van der Waals surface area contributed by atoms with E-state index in [-0.39, 0.29) is 0 Å². The number of hydroxylamine groups is 1. The Bertz CT molecular complexity index is 480. The van der Waals surface area contributed by atoms with Gasteiger partial charge in [-0.2, -0.15) is 5.17 Å². The lowest BCUT2D eigenvalue weighted by atomic mass is 10.3. The maximum Gasteiger partial charge on any atom is 0.335 e. The highest BCUT2D eigenvalue weighted by molar-refractivity contribution is 6.30. The number of nitrogens with one attached hydrogen (secondary N) is 1. The minimum Gasteiger partial charge on any atom is -0.479 e. The van der Waals surface area contributed by atoms with Crippen molar-refractivity contribution in [3.8, 4) is 0 Å². The summed E-state index contributed by atoms with van der Waals surface area (Å²) in [7, 11) is 0. The average molecular weight is 270 g/mol. The Hall–Kier alpha value is -1.76. The van der Waals surface area contributed by atoms with Crippen LogP contribution in [-0.4, -0.2) is 22.4 Å². The molecule has 0 spiro atoms. The summed E-state index contributed by atoms with van der Waals surface area (Å²) in [4.78, 5) is 15.8. The SMILES string of the molecule is CC(ON1C=CN(c2cccc(Cl)c2)N1)C(=O)O. The summed E-state index contributed by atoms with van der Waals surface area (Å²) in [5.41, 5.74) is 3.64. The van der Waals surface area contributed by atoms with Gasteiger partial charge in [0, 0.05) is 11.2 Å². The zero-order valence-corrected chi connectivity index (χ0v) is 10.3. The molecule has 0 amide bonds. The number of rotatable bonds is 4. The van der Waals surface area contributed by atoms with Crippen LogP contribution in [0.5, 0.6) is 0 Å². The van der Waals surface area contributed by atoms with E-state index >= 15 is 0 Å². The zero-order valence-electron chi connectivity index (χ0n) is 9.58. The van der Waals surface area contributed by atoms with Crippen molar-refractivity contribution < 1.29 is 14.7 Å². The second-order valence-electron chi connectivity index (χ2n) is 3.66. The molecule has 0 radical (unpaired) electrons. The first kappa shape index (κ1) is 12.7. The van der Waals surface area contributed by atoms with Crippen molar-refractivity contribution in [2.45, 2.75) is 13.0 Å². The van der Waals surface area contributed by atoms with Gasteiger partial charge >= 0.3 is 5.97 Å². The van der Waals surface area contributed by atoms with E-state index in [0.717, 1.165) is 5.69 Å². The molecular formula is C11H12ClN3O3. The van der Waals surface area contributed by atoms with Crippen LogP contribution in [0.4, 0.5) is 5.69 Å². The molecule has 6 nitrogen and oxygen atoms in total. The van der Waals surface area contributed by atoms with Gasteiger partial charge in [0.05, 0.1) is 11.9 Å². The summed E-state index contributed by atoms with van der Waals surface area (Å²) in [6, 6.07) is 7.21. The number of aliphatic carboxylic acids is 1. The molecule has 7 heteroatoms. The van der Waals surface area contributed by atoms with Crippen LogP contribution in [0.15, 0.2) is 36.7 Å². The molecule has 18 heavy (non-hydrogen) atoms. The molecule has 0 aliphatic carbocycles. The van der Waals surface area contributed by atoms with Gasteiger partial charge in [0.15, 0.2) is 6.10 Å². The van der Waals surface area contributed by atoms with Crippen LogP contribution in [0.2, 0.25) is 5.02 Å². The molecule has 96 valence electrons. The summed E-state index contributed by atoms with van der Waals surface area (Å²) in [5, 5.41) is 12.2. The van der Waals surface area contributed by atoms with Crippen molar-refractivity contribution in [2.24, 2.45) is 0 Å². The molecule has 1 aliphatic rings. The smallest absolute Gasteiger partial charge is 0.335 e. The minimum atomic E-state index is -1.04. The van der Waals surface area contributed by atoms with Crippen LogP contribution in [-0.2, 0) is 9.63 Å². The second-order valence-corrected chi connectivity index (χ2v) is 4.10. The van der Waals surface area contributed by atoms with Crippen LogP contribution in [0.3, 0.4) is 0 Å². The molecule has 0 saturated carbocycles. The highest BCUT2D eigenvalue weighted by Gasteiger charge is 2.20. The van der Waals surface area contributed by atoms with Gasteiger partial charge in [-0.15, -0.1) is 5.53 Å². The lowest BCUT2D eigenvalue weighted by molar-refractivity contribution is -0.201. The molecule has 1 aromatic rings. The van der Waals surface area contributed by atoms with Crippen molar-refractivity contribution in [3.05, 3.63) is 41.7 Å². The number of carboxylic acid groups (broad SMARTS) is 1. The largest absolute Gasteiger partial charge is 0.479 e. The predicted molar refractivity (Wildman–Crippen MR) is 66.2 cm³/mol. The van der Waals surface area contributed by atoms with Gasteiger partial charge in [-0.05, 0) is 25.1 Å². The van der Waals surface area contributed by atoms with Crippen LogP contribution < -0.4 is 10.5 Å². The number of hydrogen-bond acceptors (Lipinski definition) is 5. The Morgan fingerprint density at radius 3 is 2.94 bits per heavy atom. The van der Waals surface area contributed by atoms with Gasteiger partial charge in [-0.1, -0.05) is 17.7 Å². The molecule has 2 rings (SSSR count). The van der Waals surface area contributed by atoms with Crippen molar-refractivity contribution in [3.63, 3.8) is 0 Å². The maximum atomic E-state index is 10.6. The maximum absolute atomic E-state index is 10.6. The Labute approximate surface area is 109 Å². The van der Waals surface area contributed by atoms with E-state index in [9.17, 15) is 4.79 Å². The third kappa shape index (κ3) is 2.92. The van der Waals surface area contributed by atoms with Crippen molar-refractivity contribution >= 4 is 23.3 Å². The van der Waals surface area contributed by atoms with Crippen molar-refractivity contribution in [1.82, 2.24) is 10.7 Å². The summed E-state index contributed by atoms with van der Waals surface area (Å²) >= 11 is 5.88. The summed E-state index contributed by atoms with van der Waals surface area (Å²) < 4.78 is 0. The minimum absolute atomic E-state index is 0.612. The standard InChI is InChI=1S/C11H12ClN3O3/c1-8(11(16)17)18-15-6-5-14(13-15)10-4-2-3-9(12)7-10/h2-8,13H,1H3,(H,16,17). The van der Waals surface area contributed by atoms with Gasteiger partial charge < -0.3 is 5.11 Å². The molecule has 0 fully saturated rings. The summed E-state index contributed by atoms with van der Waals surface area (Å²) in [6.07, 6.45) is 2.32. The van der Waals surface area contributed by atoms with Crippen molar-refractivity contribution in [2.75, 3.05) is 5.01 Å². The normalized spacial score (nSPS) is 16.1. The zero-order chi connectivity index (χ0) is 13.1. The number of hydrazine groups is 2. The summed E-state index contributed by atoms with van der Waals surface area (Å²) in [5.74, 6) is -1.04. The van der Waals surface area contributed by atoms with Crippen LogP contribution >= 0.6 is 11.6 Å². The quantitative estimate of drug-likeness (QED) is 0.868. The number of benzene rings is 1. The monoisotopic (exact) mass is 269 g/mol. The molecule has 0 saturated heterocycles. The number of hydrogen-bond donors (Lipinski definition) is 2. The molecule has 1 heterocycles. The fourth-order valence-corrected chi connectivity index (χ4v) is 1.53. The Morgan fingerprint density at radius 2 is 2.28 bits per heavy atom. The van der Waals surface area contributed by atoms with Gasteiger partial charge in [0.1, 0.15) is 0 Å². The number of anilines is 1. The summed E-state index contributed by atoms with van der Waals surface area (Å²) in [6.45, 7) is 1.44. The van der Waals surface area contributed by atoms with E-state index in [0.29, 0.717) is 5.02 Å². The molecule has 1 unspecified atom stereocenters. The average Bonchev–Trinajstić information content (AvgIpc) is 2.77. The molecule has 0 aromatic heterocycles. The van der Waals surface area contributed by atoms with E-state index in [1.54, 1.807) is 29.5 Å². The van der Waals surface area contributed by atoms with Gasteiger partial charge in [0.25, 0.3) is 0 Å². The Morgan fingerprint density at radius 1 is 1.50 bits per heavy atom. The fourth-order valence-electron chi connectivity index (χ4n) is 1.34. The lowest BCUT2D eigenvalue weighted by Crippen LogP contribution is -2.42. The topological polar surface area (TPSA) is 65.0 Å². The predicted octanol–water partition coefficient (Wildman–Crippen LogP) is 1.76. The number of halogens is 1. The highest BCUT2D eigenvalue weighted by atomic mass is 35.5. The first-order valence-electron chi connectivity index (χ1n) is 5.24. The van der Waals surface area contributed by atoms with Crippen LogP contribution in [0, 0.1) is 0 Å². The van der Waals surface area contributed by atoms with E-state index < -0.39 is 12.1 Å². The van der Waals surface area contributed by atoms with Crippen LogP contribution in [0.25, 0.3) is 0 Å². The second kappa shape index (κ2) is 5.26. The number of carboxylic acids is 1. The van der Waals surface area contributed by atoms with E-state index in [4.69, 9.17) is 21.5 Å². The molecule has 1 atom stereocenters. The number of nitrogens with zero attached hydrogens (tertiary/aromatic N) is 2. The third-order valence-electron chi connectivity index (χ3n) is 2.26. The Kier molecular flexibility index (Phi) is 3.71.